The summed E-state index contributed by atoms with van der Waals surface area (Å²) in [4.78, 5) is 21.1. The van der Waals surface area contributed by atoms with E-state index in [4.69, 9.17) is 0 Å². The van der Waals surface area contributed by atoms with Crippen molar-refractivity contribution >= 4 is 11.8 Å². The summed E-state index contributed by atoms with van der Waals surface area (Å²) < 4.78 is 81.0. The van der Waals surface area contributed by atoms with Crippen molar-refractivity contribution in [2.24, 2.45) is 0 Å². The van der Waals surface area contributed by atoms with Gasteiger partial charge in [-0.1, -0.05) is 25.0 Å². The maximum Gasteiger partial charge on any atom is 0.419 e. The van der Waals surface area contributed by atoms with Crippen molar-refractivity contribution in [1.82, 2.24) is 25.3 Å². The zero-order valence-electron chi connectivity index (χ0n) is 21.8. The van der Waals surface area contributed by atoms with Gasteiger partial charge in [0.25, 0.3) is 0 Å². The molecule has 3 heterocycles. The average Bonchev–Trinajstić information content (AvgIpc) is 3.45. The third kappa shape index (κ3) is 6.29. The molecular weight excluding hydrogens is 536 g/mol. The van der Waals surface area contributed by atoms with E-state index in [1.54, 1.807) is 4.90 Å². The van der Waals surface area contributed by atoms with Gasteiger partial charge < -0.3 is 15.1 Å². The predicted octanol–water partition coefficient (Wildman–Crippen LogP) is 5.72. The summed E-state index contributed by atoms with van der Waals surface area (Å²) in [5.74, 6) is 0.638. The number of nitrogens with one attached hydrogen (secondary N) is 1. The lowest BCUT2D eigenvalue weighted by Gasteiger charge is -2.41. The summed E-state index contributed by atoms with van der Waals surface area (Å²) in [6, 6.07) is 7.10. The molecular formula is C27H29F6N7. The van der Waals surface area contributed by atoms with Crippen LogP contribution in [0.2, 0.25) is 0 Å². The molecule has 1 atom stereocenters. The molecule has 0 radical (unpaired) electrons. The monoisotopic (exact) mass is 565 g/mol. The first-order chi connectivity index (χ1) is 19.0. The fraction of sp³-hybridized carbons (Fsp3) is 0.481. The zero-order valence-corrected chi connectivity index (χ0v) is 21.8. The van der Waals surface area contributed by atoms with Gasteiger partial charge in [-0.2, -0.15) is 36.3 Å². The molecule has 2 fully saturated rings. The molecule has 0 bridgehead atoms. The van der Waals surface area contributed by atoms with Crippen LogP contribution in [-0.2, 0) is 18.9 Å². The molecule has 2 aliphatic rings. The molecule has 1 aliphatic heterocycles. The Labute approximate surface area is 227 Å². The molecule has 2 aromatic heterocycles. The van der Waals surface area contributed by atoms with Crippen LogP contribution in [0.4, 0.5) is 38.1 Å². The number of anilines is 2. The van der Waals surface area contributed by atoms with E-state index in [2.05, 4.69) is 25.3 Å². The second kappa shape index (κ2) is 11.2. The van der Waals surface area contributed by atoms with Crippen molar-refractivity contribution in [3.63, 3.8) is 0 Å². The van der Waals surface area contributed by atoms with Gasteiger partial charge in [-0.25, -0.2) is 9.97 Å². The van der Waals surface area contributed by atoms with Crippen LogP contribution >= 0.6 is 0 Å². The summed E-state index contributed by atoms with van der Waals surface area (Å²) in [5, 5.41) is 3.43. The van der Waals surface area contributed by atoms with Gasteiger partial charge in [0.15, 0.2) is 5.82 Å². The minimum Gasteiger partial charge on any atom is -0.352 e. The van der Waals surface area contributed by atoms with Gasteiger partial charge in [0, 0.05) is 43.5 Å². The highest BCUT2D eigenvalue weighted by Gasteiger charge is 2.37. The van der Waals surface area contributed by atoms with Crippen LogP contribution in [-0.4, -0.2) is 51.7 Å². The Morgan fingerprint density at radius 3 is 2.40 bits per heavy atom. The van der Waals surface area contributed by atoms with Crippen LogP contribution in [0.1, 0.15) is 49.6 Å². The zero-order chi connectivity index (χ0) is 28.5. The van der Waals surface area contributed by atoms with Crippen molar-refractivity contribution in [2.45, 2.75) is 63.6 Å². The number of aromatic nitrogens is 4. The van der Waals surface area contributed by atoms with Crippen molar-refractivity contribution in [3.8, 4) is 11.4 Å². The fourth-order valence-electron chi connectivity index (χ4n) is 5.26. The van der Waals surface area contributed by atoms with E-state index >= 15 is 0 Å². The van der Waals surface area contributed by atoms with Crippen LogP contribution in [0.3, 0.4) is 0 Å². The molecule has 0 amide bonds. The number of halogens is 6. The first kappa shape index (κ1) is 28.1. The highest BCUT2D eigenvalue weighted by atomic mass is 19.4. The summed E-state index contributed by atoms with van der Waals surface area (Å²) in [7, 11) is 0. The first-order valence-electron chi connectivity index (χ1n) is 13.2. The van der Waals surface area contributed by atoms with Crippen molar-refractivity contribution < 1.29 is 26.3 Å². The quantitative estimate of drug-likeness (QED) is 0.384. The normalized spacial score (nSPS) is 18.9. The van der Waals surface area contributed by atoms with E-state index in [0.29, 0.717) is 18.4 Å². The van der Waals surface area contributed by atoms with Gasteiger partial charge in [0.05, 0.1) is 17.7 Å². The number of rotatable bonds is 6. The largest absolute Gasteiger partial charge is 0.419 e. The average molecular weight is 566 g/mol. The number of piperazine rings is 1. The molecule has 7 nitrogen and oxygen atoms in total. The third-order valence-corrected chi connectivity index (χ3v) is 7.30. The highest BCUT2D eigenvalue weighted by molar-refractivity contribution is 5.58. The summed E-state index contributed by atoms with van der Waals surface area (Å²) in [6.07, 6.45) is -3.41. The second-order valence-electron chi connectivity index (χ2n) is 10.2. The molecule has 0 unspecified atom stereocenters. The maximum absolute atomic E-state index is 13.6. The first-order valence-corrected chi connectivity index (χ1v) is 13.2. The Kier molecular flexibility index (Phi) is 7.85. The van der Waals surface area contributed by atoms with Gasteiger partial charge in [-0.05, 0) is 44.0 Å². The van der Waals surface area contributed by atoms with Gasteiger partial charge in [0.1, 0.15) is 11.6 Å². The smallest absolute Gasteiger partial charge is 0.352 e. The van der Waals surface area contributed by atoms with E-state index in [9.17, 15) is 26.3 Å². The number of hydrogen-bond donors (Lipinski definition) is 1. The minimum atomic E-state index is -4.54. The number of hydrogen-bond acceptors (Lipinski definition) is 7. The Morgan fingerprint density at radius 2 is 1.70 bits per heavy atom. The van der Waals surface area contributed by atoms with E-state index in [0.717, 1.165) is 43.9 Å². The SMILES string of the molecule is C[C@@H]1CN(c2ncccc2C(F)(F)F)CCN1c1nc(CNC2CCCC2)nc(-c2cccc(C(F)(F)F)c2)n1. The number of alkyl halides is 6. The van der Waals surface area contributed by atoms with Crippen LogP contribution in [0.25, 0.3) is 11.4 Å². The van der Waals surface area contributed by atoms with E-state index in [1.165, 1.54) is 24.4 Å². The van der Waals surface area contributed by atoms with Crippen molar-refractivity contribution in [1.29, 1.82) is 0 Å². The Balaban J connectivity index is 1.44. The fourth-order valence-corrected chi connectivity index (χ4v) is 5.26. The van der Waals surface area contributed by atoms with Gasteiger partial charge >= 0.3 is 12.4 Å². The van der Waals surface area contributed by atoms with Gasteiger partial charge in [0.2, 0.25) is 5.95 Å². The summed E-state index contributed by atoms with van der Waals surface area (Å²) >= 11 is 0. The van der Waals surface area contributed by atoms with E-state index in [-0.39, 0.29) is 48.8 Å². The molecule has 5 rings (SSSR count). The van der Waals surface area contributed by atoms with Gasteiger partial charge in [-0.15, -0.1) is 0 Å². The summed E-state index contributed by atoms with van der Waals surface area (Å²) in [6.45, 7) is 2.90. The Bertz CT molecular complexity index is 1320. The highest BCUT2D eigenvalue weighted by Crippen LogP contribution is 2.36. The molecule has 1 aromatic carbocycles. The number of pyridine rings is 1. The second-order valence-corrected chi connectivity index (χ2v) is 10.2. The van der Waals surface area contributed by atoms with E-state index < -0.39 is 23.5 Å². The topological polar surface area (TPSA) is 70.1 Å². The van der Waals surface area contributed by atoms with E-state index in [1.807, 2.05) is 11.8 Å². The maximum atomic E-state index is 13.6. The molecule has 1 aliphatic carbocycles. The Hall–Kier alpha value is -3.48. The van der Waals surface area contributed by atoms with Gasteiger partial charge in [-0.3, -0.25) is 0 Å². The summed E-state index contributed by atoms with van der Waals surface area (Å²) in [5.41, 5.74) is -1.41. The van der Waals surface area contributed by atoms with Crippen molar-refractivity contribution in [2.75, 3.05) is 29.4 Å². The molecule has 3 aromatic rings. The lowest BCUT2D eigenvalue weighted by Crippen LogP contribution is -2.53. The molecule has 1 saturated heterocycles. The van der Waals surface area contributed by atoms with Crippen LogP contribution in [0, 0.1) is 0 Å². The minimum absolute atomic E-state index is 0.109. The third-order valence-electron chi connectivity index (χ3n) is 7.30. The Morgan fingerprint density at radius 1 is 0.925 bits per heavy atom. The lowest BCUT2D eigenvalue weighted by molar-refractivity contribution is -0.138. The number of nitrogens with zero attached hydrogens (tertiary/aromatic N) is 6. The van der Waals surface area contributed by atoms with Crippen LogP contribution < -0.4 is 15.1 Å². The lowest BCUT2D eigenvalue weighted by atomic mass is 10.1. The molecule has 0 spiro atoms. The van der Waals surface area contributed by atoms with Crippen LogP contribution in [0.15, 0.2) is 42.6 Å². The molecule has 214 valence electrons. The molecule has 1 saturated carbocycles. The standard InChI is InChI=1S/C27H29F6N7/c1-17-16-39(24-21(27(31,32)33)10-5-11-34-24)12-13-40(17)25-37-22(15-35-20-8-2-3-9-20)36-23(38-25)18-6-4-7-19(14-18)26(28,29)30/h4-7,10-11,14,17,20,35H,2-3,8-9,12-13,15-16H2,1H3/t17-/m1/s1. The predicted molar refractivity (Wildman–Crippen MR) is 138 cm³/mol. The molecule has 13 heteroatoms. The molecule has 40 heavy (non-hydrogen) atoms. The van der Waals surface area contributed by atoms with Crippen molar-refractivity contribution in [3.05, 3.63) is 59.5 Å². The number of benzene rings is 1. The van der Waals surface area contributed by atoms with Crippen LogP contribution in [0.5, 0.6) is 0 Å². The molecule has 1 N–H and O–H groups in total.